The van der Waals surface area contributed by atoms with Crippen LogP contribution < -0.4 is 5.32 Å². The largest absolute Gasteiger partial charge is 0.511 e. The van der Waals surface area contributed by atoms with Crippen molar-refractivity contribution in [1.82, 2.24) is 5.32 Å². The molecule has 1 fully saturated rings. The molecule has 8 bridgehead atoms. The van der Waals surface area contributed by atoms with Crippen LogP contribution in [0.1, 0.15) is 65.9 Å². The minimum Gasteiger partial charge on any atom is -0.511 e. The Balaban J connectivity index is 0.992. The molecule has 1 saturated heterocycles. The van der Waals surface area contributed by atoms with Crippen molar-refractivity contribution in [3.63, 3.8) is 0 Å². The second kappa shape index (κ2) is 13.2. The molecule has 2 atom stereocenters. The molecule has 5 aliphatic heterocycles. The number of hydrogen-bond donors (Lipinski definition) is 3. The van der Waals surface area contributed by atoms with E-state index in [9.17, 15) is 15.0 Å². The number of rotatable bonds is 7. The first-order valence-corrected chi connectivity index (χ1v) is 20.0. The number of esters is 1. The molecule has 8 nitrogen and oxygen atoms in total. The predicted molar refractivity (Wildman–Crippen MR) is 228 cm³/mol. The normalized spacial score (nSPS) is 21.6. The average molecular weight is 753 g/mol. The Morgan fingerprint density at radius 1 is 0.842 bits per heavy atom. The maximum absolute atomic E-state index is 13.6. The number of nitrogens with one attached hydrogen (secondary N) is 1. The lowest BCUT2D eigenvalue weighted by atomic mass is 9.86. The van der Waals surface area contributed by atoms with E-state index in [-0.39, 0.29) is 37.4 Å². The summed E-state index contributed by atoms with van der Waals surface area (Å²) in [5, 5.41) is 32.9. The third-order valence-corrected chi connectivity index (χ3v) is 13.0. The Hall–Kier alpha value is -6.12. The highest BCUT2D eigenvalue weighted by molar-refractivity contribution is 6.24. The van der Waals surface area contributed by atoms with Gasteiger partial charge in [0.15, 0.2) is 0 Å². The summed E-state index contributed by atoms with van der Waals surface area (Å²) in [4.78, 5) is 28.9. The molecule has 0 spiro atoms. The molecule has 10 rings (SSSR count). The number of allylic oxidation sites excluding steroid dienone is 11. The number of benzene rings is 4. The number of fused-ring (bicyclic) bond motifs is 5. The van der Waals surface area contributed by atoms with E-state index in [2.05, 4.69) is 86.8 Å². The quantitative estimate of drug-likeness (QED) is 0.128. The molecule has 0 unspecified atom stereocenters. The summed E-state index contributed by atoms with van der Waals surface area (Å²) in [5.74, 6) is -0.0209. The minimum atomic E-state index is -0.251. The van der Waals surface area contributed by atoms with Gasteiger partial charge in [0.2, 0.25) is 0 Å². The number of ether oxygens (including phenoxy) is 1. The summed E-state index contributed by atoms with van der Waals surface area (Å²) in [5.41, 5.74) is 14.2. The van der Waals surface area contributed by atoms with Crippen molar-refractivity contribution >= 4 is 55.4 Å². The SMILES string of the molecule is CCC1=C(C)C2=NC1=CC1=C(C)C3=C(O)CC(=C4NC(=CC5=NC(=C2)C(CO)=C5C)[C@@H](C)[C@@H]4CCC(=O)OCc2ccc4ccc5cccc6ccc2c4c56)C3=N1. The molecule has 4 aromatic carbocycles. The van der Waals surface area contributed by atoms with Crippen molar-refractivity contribution in [2.24, 2.45) is 26.8 Å². The Labute approximate surface area is 331 Å². The molecule has 0 aromatic heterocycles. The molecule has 57 heavy (non-hydrogen) atoms. The lowest BCUT2D eigenvalue weighted by Gasteiger charge is -2.18. The van der Waals surface area contributed by atoms with Gasteiger partial charge >= 0.3 is 5.97 Å². The first-order chi connectivity index (χ1) is 27.6. The Morgan fingerprint density at radius 2 is 1.53 bits per heavy atom. The Morgan fingerprint density at radius 3 is 2.28 bits per heavy atom. The van der Waals surface area contributed by atoms with Gasteiger partial charge in [0.05, 0.1) is 40.8 Å². The molecule has 5 heterocycles. The highest BCUT2D eigenvalue weighted by Crippen LogP contribution is 2.47. The Bertz CT molecular complexity index is 2870. The third kappa shape index (κ3) is 5.45. The van der Waals surface area contributed by atoms with Crippen LogP contribution in [-0.2, 0) is 16.1 Å². The number of aliphatic imine (C=N–C) groups is 3. The van der Waals surface area contributed by atoms with Crippen molar-refractivity contribution in [3.8, 4) is 0 Å². The van der Waals surface area contributed by atoms with Gasteiger partial charge in [-0.05, 0) is 112 Å². The summed E-state index contributed by atoms with van der Waals surface area (Å²) in [7, 11) is 0. The van der Waals surface area contributed by atoms with E-state index in [1.54, 1.807) is 0 Å². The van der Waals surface area contributed by atoms with E-state index in [0.717, 1.165) is 96.3 Å². The van der Waals surface area contributed by atoms with Gasteiger partial charge in [-0.3, -0.25) is 4.79 Å². The molecule has 0 saturated carbocycles. The first kappa shape index (κ1) is 35.3. The fourth-order valence-corrected chi connectivity index (χ4v) is 9.78. The van der Waals surface area contributed by atoms with E-state index in [1.165, 1.54) is 26.9 Å². The lowest BCUT2D eigenvalue weighted by molar-refractivity contribution is -0.145. The Kier molecular flexibility index (Phi) is 8.20. The van der Waals surface area contributed by atoms with E-state index < -0.39 is 0 Å². The fourth-order valence-electron chi connectivity index (χ4n) is 9.78. The average Bonchev–Trinajstić information content (AvgIpc) is 3.97. The van der Waals surface area contributed by atoms with Crippen LogP contribution in [-0.4, -0.2) is 39.9 Å². The second-order valence-electron chi connectivity index (χ2n) is 16.0. The van der Waals surface area contributed by atoms with E-state index in [0.29, 0.717) is 24.3 Å². The van der Waals surface area contributed by atoms with Crippen molar-refractivity contribution in [2.45, 2.75) is 66.9 Å². The van der Waals surface area contributed by atoms with Gasteiger partial charge in [-0.15, -0.1) is 0 Å². The lowest BCUT2D eigenvalue weighted by Crippen LogP contribution is -2.16. The van der Waals surface area contributed by atoms with Crippen LogP contribution in [0.5, 0.6) is 0 Å². The summed E-state index contributed by atoms with van der Waals surface area (Å²) in [6, 6.07) is 19.2. The van der Waals surface area contributed by atoms with Crippen molar-refractivity contribution < 1.29 is 19.7 Å². The molecule has 0 radical (unpaired) electrons. The zero-order valence-corrected chi connectivity index (χ0v) is 32.9. The van der Waals surface area contributed by atoms with Crippen LogP contribution >= 0.6 is 0 Å². The summed E-state index contributed by atoms with van der Waals surface area (Å²) >= 11 is 0. The number of aliphatic hydroxyl groups is 2. The van der Waals surface area contributed by atoms with Crippen LogP contribution in [0.15, 0.2) is 161 Å². The molecule has 3 N–H and O–H groups in total. The van der Waals surface area contributed by atoms with Gasteiger partial charge in [-0.25, -0.2) is 15.0 Å². The third-order valence-electron chi connectivity index (χ3n) is 13.0. The van der Waals surface area contributed by atoms with Crippen LogP contribution in [0.4, 0.5) is 0 Å². The molecule has 1 aliphatic carbocycles. The van der Waals surface area contributed by atoms with Crippen molar-refractivity contribution in [1.29, 1.82) is 0 Å². The molecular weight excluding hydrogens is 709 g/mol. The van der Waals surface area contributed by atoms with Crippen LogP contribution in [0, 0.1) is 11.8 Å². The fraction of sp³-hybridized carbons (Fsp3) is 0.265. The van der Waals surface area contributed by atoms with Crippen molar-refractivity contribution in [3.05, 3.63) is 152 Å². The number of carbonyl (C=O) groups is 1. The topological polar surface area (TPSA) is 116 Å². The molecule has 4 aromatic rings. The van der Waals surface area contributed by atoms with Gasteiger partial charge in [0, 0.05) is 52.8 Å². The molecular formula is C49H44N4O4. The molecule has 6 aliphatic rings. The van der Waals surface area contributed by atoms with Crippen molar-refractivity contribution in [2.75, 3.05) is 6.61 Å². The predicted octanol–water partition coefficient (Wildman–Crippen LogP) is 10.1. The number of hydrogen-bond acceptors (Lipinski definition) is 8. The van der Waals surface area contributed by atoms with Crippen LogP contribution in [0.2, 0.25) is 0 Å². The van der Waals surface area contributed by atoms with E-state index in [4.69, 9.17) is 19.7 Å². The number of aliphatic hydroxyl groups excluding tert-OH is 2. The van der Waals surface area contributed by atoms with Gasteiger partial charge in [-0.2, -0.15) is 0 Å². The number of carbonyl (C=O) groups excluding carboxylic acids is 1. The molecule has 284 valence electrons. The second-order valence-corrected chi connectivity index (χ2v) is 16.0. The van der Waals surface area contributed by atoms with Gasteiger partial charge in [0.25, 0.3) is 0 Å². The van der Waals surface area contributed by atoms with Gasteiger partial charge < -0.3 is 20.3 Å². The highest BCUT2D eigenvalue weighted by Gasteiger charge is 2.41. The monoisotopic (exact) mass is 752 g/mol. The summed E-state index contributed by atoms with van der Waals surface area (Å²) in [6.07, 6.45) is 8.02. The highest BCUT2D eigenvalue weighted by atomic mass is 16.5. The molecule has 8 heteroatoms. The first-order valence-electron chi connectivity index (χ1n) is 20.0. The van der Waals surface area contributed by atoms with E-state index in [1.807, 2.05) is 26.0 Å². The maximum Gasteiger partial charge on any atom is 0.306 e. The maximum atomic E-state index is 13.6. The molecule has 0 amide bonds. The summed E-state index contributed by atoms with van der Waals surface area (Å²) < 4.78 is 6.02. The minimum absolute atomic E-state index is 0.00355. The van der Waals surface area contributed by atoms with Gasteiger partial charge in [0.1, 0.15) is 12.4 Å². The van der Waals surface area contributed by atoms with Crippen LogP contribution in [0.3, 0.4) is 0 Å². The smallest absolute Gasteiger partial charge is 0.306 e. The zero-order chi connectivity index (χ0) is 39.3. The van der Waals surface area contributed by atoms with E-state index >= 15 is 0 Å². The van der Waals surface area contributed by atoms with Crippen LogP contribution in [0.25, 0.3) is 32.3 Å². The summed E-state index contributed by atoms with van der Waals surface area (Å²) in [6.45, 7) is 10.5. The standard InChI is InChI=1S/C49H44N4O4/c1-6-32-24(2)38-20-42-36(22-54)26(4)37(51-42)19-39-25(3)33(48(52-39)35-18-43(55)45-27(5)40(53-49(35)45)21-41(32)50-38)16-17-44(56)57-23-31-13-12-30-11-10-28-8-7-9-29-14-15-34(31)47(30)46(28)29/h7-15,19-21,25,33,52,54-55H,6,16-18,22-23H2,1-5H3/t25-,33-/m0/s1. The zero-order valence-electron chi connectivity index (χ0n) is 32.9. The van der Waals surface area contributed by atoms with Gasteiger partial charge in [-0.1, -0.05) is 68.4 Å². The number of nitrogens with zero attached hydrogens (tertiary/aromatic N) is 3.